The number of hydrogen-bond donors (Lipinski definition) is 1. The highest BCUT2D eigenvalue weighted by molar-refractivity contribution is 8.26. The molecule has 0 unspecified atom stereocenters. The van der Waals surface area contributed by atoms with E-state index < -0.39 is 0 Å². The van der Waals surface area contributed by atoms with E-state index in [1.165, 1.54) is 18.2 Å². The Balaban J connectivity index is 1.44. The SMILES string of the molecule is CCOc1cc(/C=C2/SC(=S)N(C3CCCCC3)C2=O)ccc1OCC(=O)Nc1ccccc1C. The lowest BCUT2D eigenvalue weighted by Crippen LogP contribution is -2.39. The third-order valence-electron chi connectivity index (χ3n) is 6.11. The van der Waals surface area contributed by atoms with Crippen molar-refractivity contribution in [1.82, 2.24) is 4.90 Å². The smallest absolute Gasteiger partial charge is 0.266 e. The van der Waals surface area contributed by atoms with E-state index in [0.29, 0.717) is 27.3 Å². The maximum Gasteiger partial charge on any atom is 0.266 e. The number of aryl methyl sites for hydroxylation is 1. The van der Waals surface area contributed by atoms with Crippen LogP contribution in [0.2, 0.25) is 0 Å². The Morgan fingerprint density at radius 2 is 1.91 bits per heavy atom. The third-order valence-corrected chi connectivity index (χ3v) is 7.44. The van der Waals surface area contributed by atoms with Crippen LogP contribution < -0.4 is 14.8 Å². The molecule has 2 amide bonds. The number of benzene rings is 2. The molecule has 184 valence electrons. The molecule has 1 N–H and O–H groups in total. The van der Waals surface area contributed by atoms with Crippen LogP contribution in [-0.4, -0.2) is 40.3 Å². The second-order valence-electron chi connectivity index (χ2n) is 8.63. The summed E-state index contributed by atoms with van der Waals surface area (Å²) in [5.41, 5.74) is 2.55. The first-order valence-corrected chi connectivity index (χ1v) is 13.2. The molecule has 1 saturated heterocycles. The zero-order valence-corrected chi connectivity index (χ0v) is 21.7. The first-order chi connectivity index (χ1) is 17.0. The number of para-hydroxylation sites is 1. The van der Waals surface area contributed by atoms with Crippen molar-refractivity contribution in [1.29, 1.82) is 0 Å². The van der Waals surface area contributed by atoms with Crippen molar-refractivity contribution in [3.8, 4) is 11.5 Å². The van der Waals surface area contributed by atoms with Crippen LogP contribution in [0.4, 0.5) is 5.69 Å². The summed E-state index contributed by atoms with van der Waals surface area (Å²) in [5, 5.41) is 2.86. The van der Waals surface area contributed by atoms with E-state index in [0.717, 1.165) is 42.5 Å². The predicted molar refractivity (Wildman–Crippen MR) is 145 cm³/mol. The summed E-state index contributed by atoms with van der Waals surface area (Å²) in [6.45, 7) is 4.12. The highest BCUT2D eigenvalue weighted by Crippen LogP contribution is 2.38. The highest BCUT2D eigenvalue weighted by Gasteiger charge is 2.37. The molecule has 6 nitrogen and oxygen atoms in total. The van der Waals surface area contributed by atoms with E-state index >= 15 is 0 Å². The third kappa shape index (κ3) is 6.24. The van der Waals surface area contributed by atoms with Crippen molar-refractivity contribution in [3.05, 3.63) is 58.5 Å². The van der Waals surface area contributed by atoms with Crippen molar-refractivity contribution < 1.29 is 19.1 Å². The fourth-order valence-corrected chi connectivity index (χ4v) is 5.73. The Morgan fingerprint density at radius 1 is 1.14 bits per heavy atom. The summed E-state index contributed by atoms with van der Waals surface area (Å²) >= 11 is 6.89. The molecule has 2 aromatic rings. The van der Waals surface area contributed by atoms with Gasteiger partial charge in [-0.1, -0.05) is 67.5 Å². The van der Waals surface area contributed by atoms with Gasteiger partial charge in [0.1, 0.15) is 4.32 Å². The molecule has 35 heavy (non-hydrogen) atoms. The van der Waals surface area contributed by atoms with E-state index in [9.17, 15) is 9.59 Å². The molecule has 0 aromatic heterocycles. The number of carbonyl (C=O) groups excluding carboxylic acids is 2. The number of ether oxygens (including phenoxy) is 2. The highest BCUT2D eigenvalue weighted by atomic mass is 32.2. The molecule has 8 heteroatoms. The molecule has 2 aromatic carbocycles. The number of anilines is 1. The van der Waals surface area contributed by atoms with Gasteiger partial charge in [-0.25, -0.2) is 0 Å². The standard InChI is InChI=1S/C27H30N2O4S2/c1-3-32-23-15-19(16-24-26(31)29(27(34)35-24)20-10-5-4-6-11-20)13-14-22(23)33-17-25(30)28-21-12-8-7-9-18(21)2/h7-9,12-16,20H,3-6,10-11,17H2,1-2H3,(H,28,30)/b24-16+. The molecule has 2 aliphatic rings. The lowest BCUT2D eigenvalue weighted by Gasteiger charge is -2.29. The van der Waals surface area contributed by atoms with Crippen LogP contribution in [0.25, 0.3) is 6.08 Å². The van der Waals surface area contributed by atoms with Gasteiger partial charge in [0, 0.05) is 11.7 Å². The van der Waals surface area contributed by atoms with Gasteiger partial charge < -0.3 is 14.8 Å². The Morgan fingerprint density at radius 3 is 2.66 bits per heavy atom. The number of rotatable bonds is 8. The monoisotopic (exact) mass is 510 g/mol. The predicted octanol–water partition coefficient (Wildman–Crippen LogP) is 5.95. The number of nitrogens with zero attached hydrogens (tertiary/aromatic N) is 1. The van der Waals surface area contributed by atoms with Gasteiger partial charge in [0.05, 0.1) is 11.5 Å². The Bertz CT molecular complexity index is 1140. The van der Waals surface area contributed by atoms with Crippen LogP contribution in [0.3, 0.4) is 0 Å². The zero-order valence-electron chi connectivity index (χ0n) is 20.0. The van der Waals surface area contributed by atoms with E-state index in [4.69, 9.17) is 21.7 Å². The van der Waals surface area contributed by atoms with E-state index in [1.807, 2.05) is 56.3 Å². The zero-order chi connectivity index (χ0) is 24.8. The van der Waals surface area contributed by atoms with Crippen molar-refractivity contribution >= 4 is 51.9 Å². The molecular formula is C27H30N2O4S2. The molecule has 2 fully saturated rings. The first-order valence-electron chi connectivity index (χ1n) is 12.0. The Kier molecular flexibility index (Phi) is 8.46. The van der Waals surface area contributed by atoms with Crippen LogP contribution in [-0.2, 0) is 9.59 Å². The quantitative estimate of drug-likeness (QED) is 0.350. The van der Waals surface area contributed by atoms with Crippen LogP contribution in [0, 0.1) is 6.92 Å². The van der Waals surface area contributed by atoms with Crippen LogP contribution >= 0.6 is 24.0 Å². The van der Waals surface area contributed by atoms with Crippen molar-refractivity contribution in [3.63, 3.8) is 0 Å². The van der Waals surface area contributed by atoms with Gasteiger partial charge in [0.15, 0.2) is 18.1 Å². The van der Waals surface area contributed by atoms with Crippen LogP contribution in [0.1, 0.15) is 50.2 Å². The average molecular weight is 511 g/mol. The number of thiocarbonyl (C=S) groups is 1. The number of carbonyl (C=O) groups is 2. The van der Waals surface area contributed by atoms with Crippen molar-refractivity contribution in [2.75, 3.05) is 18.5 Å². The molecule has 0 atom stereocenters. The van der Waals surface area contributed by atoms with Crippen molar-refractivity contribution in [2.24, 2.45) is 0 Å². The summed E-state index contributed by atoms with van der Waals surface area (Å²) in [4.78, 5) is 27.9. The normalized spacial score (nSPS) is 17.7. The van der Waals surface area contributed by atoms with Crippen LogP contribution in [0.5, 0.6) is 11.5 Å². The molecule has 4 rings (SSSR count). The van der Waals surface area contributed by atoms with Gasteiger partial charge in [-0.3, -0.25) is 14.5 Å². The number of nitrogens with one attached hydrogen (secondary N) is 1. The van der Waals surface area contributed by atoms with Gasteiger partial charge in [-0.15, -0.1) is 0 Å². The fraction of sp³-hybridized carbons (Fsp3) is 0.370. The Labute approximate surface area is 216 Å². The molecule has 1 saturated carbocycles. The van der Waals surface area contributed by atoms with Gasteiger partial charge >= 0.3 is 0 Å². The van der Waals surface area contributed by atoms with E-state index in [-0.39, 0.29) is 24.5 Å². The van der Waals surface area contributed by atoms with Crippen LogP contribution in [0.15, 0.2) is 47.4 Å². The largest absolute Gasteiger partial charge is 0.490 e. The molecule has 0 spiro atoms. The maximum atomic E-state index is 13.1. The topological polar surface area (TPSA) is 67.9 Å². The second kappa shape index (κ2) is 11.7. The summed E-state index contributed by atoms with van der Waals surface area (Å²) in [6, 6.07) is 13.2. The number of amides is 2. The van der Waals surface area contributed by atoms with E-state index in [2.05, 4.69) is 5.32 Å². The summed E-state index contributed by atoms with van der Waals surface area (Å²) in [7, 11) is 0. The van der Waals surface area contributed by atoms with E-state index in [1.54, 1.807) is 11.0 Å². The van der Waals surface area contributed by atoms with Gasteiger partial charge in [0.25, 0.3) is 11.8 Å². The molecular weight excluding hydrogens is 480 g/mol. The minimum absolute atomic E-state index is 0.0157. The molecule has 1 heterocycles. The van der Waals surface area contributed by atoms with Gasteiger partial charge in [-0.2, -0.15) is 0 Å². The summed E-state index contributed by atoms with van der Waals surface area (Å²) in [6.07, 6.45) is 7.38. The first kappa shape index (κ1) is 25.3. The number of thioether (sulfide) groups is 1. The average Bonchev–Trinajstić information content (AvgIpc) is 3.13. The minimum atomic E-state index is -0.253. The van der Waals surface area contributed by atoms with Gasteiger partial charge in [-0.05, 0) is 62.1 Å². The lowest BCUT2D eigenvalue weighted by atomic mass is 9.94. The fourth-order valence-electron chi connectivity index (χ4n) is 4.33. The van der Waals surface area contributed by atoms with Gasteiger partial charge in [0.2, 0.25) is 0 Å². The molecule has 0 bridgehead atoms. The lowest BCUT2D eigenvalue weighted by molar-refractivity contribution is -0.124. The minimum Gasteiger partial charge on any atom is -0.490 e. The molecule has 1 aliphatic carbocycles. The second-order valence-corrected chi connectivity index (χ2v) is 10.3. The summed E-state index contributed by atoms with van der Waals surface area (Å²) < 4.78 is 12.2. The summed E-state index contributed by atoms with van der Waals surface area (Å²) in [5.74, 6) is 0.724. The Hall–Kier alpha value is -2.84. The molecule has 1 aliphatic heterocycles. The number of hydrogen-bond acceptors (Lipinski definition) is 6. The van der Waals surface area contributed by atoms with Crippen molar-refractivity contribution in [2.45, 2.75) is 52.0 Å². The maximum absolute atomic E-state index is 13.1. The molecule has 0 radical (unpaired) electrons.